The van der Waals surface area contributed by atoms with Gasteiger partial charge in [0.1, 0.15) is 0 Å². The lowest BCUT2D eigenvalue weighted by Gasteiger charge is -2.15. The lowest BCUT2D eigenvalue weighted by Crippen LogP contribution is -2.36. The van der Waals surface area contributed by atoms with Gasteiger partial charge in [-0.15, -0.1) is 11.3 Å². The minimum absolute atomic E-state index is 0.113. The molecular formula is C11H17NOS. The van der Waals surface area contributed by atoms with Gasteiger partial charge in [0.2, 0.25) is 0 Å². The van der Waals surface area contributed by atoms with E-state index in [0.29, 0.717) is 6.04 Å². The molecule has 0 saturated heterocycles. The Kier molecular flexibility index (Phi) is 3.56. The summed E-state index contributed by atoms with van der Waals surface area (Å²) in [6.45, 7) is 0.988. The molecule has 0 spiro atoms. The number of aliphatic hydroxyl groups excluding tert-OH is 1. The van der Waals surface area contributed by atoms with Crippen molar-refractivity contribution in [1.82, 2.24) is 5.32 Å². The second-order valence-electron chi connectivity index (χ2n) is 3.89. The van der Waals surface area contributed by atoms with E-state index in [9.17, 15) is 5.11 Å². The van der Waals surface area contributed by atoms with Gasteiger partial charge in [0.25, 0.3) is 0 Å². The third kappa shape index (κ3) is 2.56. The highest BCUT2D eigenvalue weighted by atomic mass is 32.1. The molecule has 1 aromatic rings. The molecule has 0 amide bonds. The molecule has 3 heteroatoms. The first kappa shape index (κ1) is 10.1. The predicted molar refractivity (Wildman–Crippen MR) is 59.7 cm³/mol. The third-order valence-corrected chi connectivity index (χ3v) is 3.77. The van der Waals surface area contributed by atoms with Crippen molar-refractivity contribution in [3.05, 3.63) is 22.4 Å². The van der Waals surface area contributed by atoms with Gasteiger partial charge >= 0.3 is 0 Å². The Morgan fingerprint density at radius 1 is 1.50 bits per heavy atom. The standard InChI is InChI=1S/C11H17NOS/c13-11-5-1-4-10(11)12-7-6-9-3-2-8-14-9/h2-3,8,10-13H,1,4-7H2. The van der Waals surface area contributed by atoms with Crippen LogP contribution in [0, 0.1) is 0 Å². The summed E-state index contributed by atoms with van der Waals surface area (Å²) >= 11 is 1.80. The fourth-order valence-corrected chi connectivity index (χ4v) is 2.72. The van der Waals surface area contributed by atoms with Crippen molar-refractivity contribution in [3.63, 3.8) is 0 Å². The molecule has 0 radical (unpaired) electrons. The van der Waals surface area contributed by atoms with Crippen LogP contribution < -0.4 is 5.32 Å². The summed E-state index contributed by atoms with van der Waals surface area (Å²) in [5, 5.41) is 15.1. The maximum atomic E-state index is 9.59. The quantitative estimate of drug-likeness (QED) is 0.796. The summed E-state index contributed by atoms with van der Waals surface area (Å²) in [4.78, 5) is 1.42. The Morgan fingerprint density at radius 2 is 2.43 bits per heavy atom. The van der Waals surface area contributed by atoms with Crippen molar-refractivity contribution in [2.45, 2.75) is 37.8 Å². The van der Waals surface area contributed by atoms with E-state index in [4.69, 9.17) is 0 Å². The first-order valence-corrected chi connectivity index (χ1v) is 6.18. The molecule has 2 nitrogen and oxygen atoms in total. The van der Waals surface area contributed by atoms with Crippen LogP contribution in [0.4, 0.5) is 0 Å². The molecule has 1 saturated carbocycles. The van der Waals surface area contributed by atoms with Crippen LogP contribution in [0.5, 0.6) is 0 Å². The summed E-state index contributed by atoms with van der Waals surface area (Å²) in [7, 11) is 0. The summed E-state index contributed by atoms with van der Waals surface area (Å²) < 4.78 is 0. The molecule has 2 atom stereocenters. The van der Waals surface area contributed by atoms with Gasteiger partial charge in [-0.05, 0) is 37.1 Å². The van der Waals surface area contributed by atoms with E-state index >= 15 is 0 Å². The average Bonchev–Trinajstić information content (AvgIpc) is 2.78. The van der Waals surface area contributed by atoms with E-state index in [0.717, 1.165) is 32.2 Å². The van der Waals surface area contributed by atoms with E-state index < -0.39 is 0 Å². The highest BCUT2D eigenvalue weighted by Gasteiger charge is 2.23. The summed E-state index contributed by atoms with van der Waals surface area (Å²) in [5.41, 5.74) is 0. The molecule has 0 bridgehead atoms. The van der Waals surface area contributed by atoms with Crippen LogP contribution in [0.25, 0.3) is 0 Å². The second-order valence-corrected chi connectivity index (χ2v) is 4.92. The fourth-order valence-electron chi connectivity index (χ4n) is 2.01. The zero-order chi connectivity index (χ0) is 9.80. The Bertz CT molecular complexity index is 260. The molecule has 14 heavy (non-hydrogen) atoms. The molecule has 1 aliphatic rings. The molecule has 1 aromatic heterocycles. The van der Waals surface area contributed by atoms with Crippen LogP contribution >= 0.6 is 11.3 Å². The van der Waals surface area contributed by atoms with E-state index in [2.05, 4.69) is 22.8 Å². The number of hydrogen-bond acceptors (Lipinski definition) is 3. The average molecular weight is 211 g/mol. The topological polar surface area (TPSA) is 32.3 Å². The van der Waals surface area contributed by atoms with Gasteiger partial charge in [-0.1, -0.05) is 6.07 Å². The number of hydrogen-bond donors (Lipinski definition) is 2. The third-order valence-electron chi connectivity index (χ3n) is 2.84. The second kappa shape index (κ2) is 4.91. The first-order chi connectivity index (χ1) is 6.86. The van der Waals surface area contributed by atoms with Crippen molar-refractivity contribution >= 4 is 11.3 Å². The maximum Gasteiger partial charge on any atom is 0.0693 e. The minimum atomic E-state index is -0.113. The normalized spacial score (nSPS) is 26.9. The fraction of sp³-hybridized carbons (Fsp3) is 0.636. The van der Waals surface area contributed by atoms with Gasteiger partial charge in [0, 0.05) is 17.5 Å². The van der Waals surface area contributed by atoms with Crippen molar-refractivity contribution < 1.29 is 5.11 Å². The molecule has 2 rings (SSSR count). The number of thiophene rings is 1. The van der Waals surface area contributed by atoms with Crippen molar-refractivity contribution in [2.24, 2.45) is 0 Å². The Morgan fingerprint density at radius 3 is 3.07 bits per heavy atom. The largest absolute Gasteiger partial charge is 0.392 e. The van der Waals surface area contributed by atoms with Gasteiger partial charge in [-0.3, -0.25) is 0 Å². The summed E-state index contributed by atoms with van der Waals surface area (Å²) in [5.74, 6) is 0. The van der Waals surface area contributed by atoms with Gasteiger partial charge in [0.15, 0.2) is 0 Å². The van der Waals surface area contributed by atoms with Gasteiger partial charge in [-0.25, -0.2) is 0 Å². The molecule has 78 valence electrons. The molecule has 2 unspecified atom stereocenters. The highest BCUT2D eigenvalue weighted by molar-refractivity contribution is 7.09. The molecule has 2 N–H and O–H groups in total. The zero-order valence-electron chi connectivity index (χ0n) is 8.28. The predicted octanol–water partition coefficient (Wildman–Crippen LogP) is 1.79. The van der Waals surface area contributed by atoms with E-state index in [1.165, 1.54) is 4.88 Å². The van der Waals surface area contributed by atoms with Crippen LogP contribution in [0.1, 0.15) is 24.1 Å². The van der Waals surface area contributed by atoms with Crippen LogP contribution in [0.3, 0.4) is 0 Å². The zero-order valence-corrected chi connectivity index (χ0v) is 9.09. The van der Waals surface area contributed by atoms with E-state index in [-0.39, 0.29) is 6.10 Å². The lowest BCUT2D eigenvalue weighted by atomic mass is 10.2. The van der Waals surface area contributed by atoms with Crippen molar-refractivity contribution in [3.8, 4) is 0 Å². The number of rotatable bonds is 4. The highest BCUT2D eigenvalue weighted by Crippen LogP contribution is 2.18. The number of nitrogens with one attached hydrogen (secondary N) is 1. The molecule has 1 aliphatic carbocycles. The molecule has 0 aromatic carbocycles. The van der Waals surface area contributed by atoms with Gasteiger partial charge in [0.05, 0.1) is 6.10 Å². The lowest BCUT2D eigenvalue weighted by molar-refractivity contribution is 0.149. The number of aliphatic hydroxyl groups is 1. The van der Waals surface area contributed by atoms with Gasteiger partial charge < -0.3 is 10.4 Å². The van der Waals surface area contributed by atoms with Crippen LogP contribution in [-0.4, -0.2) is 23.8 Å². The van der Waals surface area contributed by atoms with Crippen molar-refractivity contribution in [1.29, 1.82) is 0 Å². The summed E-state index contributed by atoms with van der Waals surface area (Å²) in [6, 6.07) is 4.59. The van der Waals surface area contributed by atoms with E-state index in [1.807, 2.05) is 0 Å². The first-order valence-electron chi connectivity index (χ1n) is 5.30. The Labute approximate surface area is 89.0 Å². The Hall–Kier alpha value is -0.380. The maximum absolute atomic E-state index is 9.59. The van der Waals surface area contributed by atoms with Crippen molar-refractivity contribution in [2.75, 3.05) is 6.54 Å². The molecule has 1 heterocycles. The van der Waals surface area contributed by atoms with E-state index in [1.54, 1.807) is 11.3 Å². The van der Waals surface area contributed by atoms with Gasteiger partial charge in [-0.2, -0.15) is 0 Å². The molecule has 0 aliphatic heterocycles. The Balaban J connectivity index is 1.68. The SMILES string of the molecule is OC1CCCC1NCCc1cccs1. The minimum Gasteiger partial charge on any atom is -0.392 e. The van der Waals surface area contributed by atoms with Crippen LogP contribution in [0.2, 0.25) is 0 Å². The molecular weight excluding hydrogens is 194 g/mol. The smallest absolute Gasteiger partial charge is 0.0693 e. The monoisotopic (exact) mass is 211 g/mol. The summed E-state index contributed by atoms with van der Waals surface area (Å²) in [6.07, 6.45) is 4.24. The van der Waals surface area contributed by atoms with Crippen LogP contribution in [0.15, 0.2) is 17.5 Å². The van der Waals surface area contributed by atoms with Crippen LogP contribution in [-0.2, 0) is 6.42 Å². The molecule has 1 fully saturated rings.